The molecule has 2 aromatic carbocycles. The summed E-state index contributed by atoms with van der Waals surface area (Å²) in [5.74, 6) is 0.529. The van der Waals surface area contributed by atoms with Crippen molar-refractivity contribution < 1.29 is 4.79 Å². The van der Waals surface area contributed by atoms with Gasteiger partial charge in [-0.2, -0.15) is 0 Å². The van der Waals surface area contributed by atoms with E-state index in [1.54, 1.807) is 0 Å². The molecule has 1 heterocycles. The van der Waals surface area contributed by atoms with E-state index in [0.29, 0.717) is 18.9 Å². The number of hydrogen-bond donors (Lipinski definition) is 1. The Morgan fingerprint density at radius 3 is 2.52 bits per heavy atom. The van der Waals surface area contributed by atoms with Crippen molar-refractivity contribution in [2.24, 2.45) is 5.73 Å². The van der Waals surface area contributed by atoms with E-state index in [4.69, 9.17) is 5.73 Å². The lowest BCUT2D eigenvalue weighted by atomic mass is 10.0. The molecule has 120 valence electrons. The number of carbonyl (C=O) groups excluding carboxylic acids is 1. The van der Waals surface area contributed by atoms with Crippen LogP contribution in [0.3, 0.4) is 0 Å². The molecule has 0 fully saturated rings. The summed E-state index contributed by atoms with van der Waals surface area (Å²) in [4.78, 5) is 14.5. The van der Waals surface area contributed by atoms with Gasteiger partial charge >= 0.3 is 0 Å². The Kier molecular flexibility index (Phi) is 4.49. The summed E-state index contributed by atoms with van der Waals surface area (Å²) >= 11 is 0. The van der Waals surface area contributed by atoms with Gasteiger partial charge in [-0.15, -0.1) is 0 Å². The van der Waals surface area contributed by atoms with Gasteiger partial charge in [-0.3, -0.25) is 4.79 Å². The third-order valence-corrected chi connectivity index (χ3v) is 4.58. The summed E-state index contributed by atoms with van der Waals surface area (Å²) in [5.41, 5.74) is 10.7. The van der Waals surface area contributed by atoms with Gasteiger partial charge in [0.1, 0.15) is 0 Å². The molecule has 3 rings (SSSR count). The zero-order chi connectivity index (χ0) is 16.4. The van der Waals surface area contributed by atoms with Crippen molar-refractivity contribution in [3.63, 3.8) is 0 Å². The summed E-state index contributed by atoms with van der Waals surface area (Å²) in [6.45, 7) is 4.94. The highest BCUT2D eigenvalue weighted by Gasteiger charge is 2.27. The number of hydrogen-bond acceptors (Lipinski definition) is 2. The lowest BCUT2D eigenvalue weighted by Crippen LogP contribution is -2.42. The number of benzene rings is 2. The third-order valence-electron chi connectivity index (χ3n) is 4.58. The van der Waals surface area contributed by atoms with Crippen LogP contribution in [0.5, 0.6) is 0 Å². The van der Waals surface area contributed by atoms with Gasteiger partial charge in [0, 0.05) is 5.69 Å². The minimum atomic E-state index is -0.419. The van der Waals surface area contributed by atoms with Gasteiger partial charge in [0.15, 0.2) is 0 Å². The Balaban J connectivity index is 1.91. The zero-order valence-corrected chi connectivity index (χ0v) is 13.8. The largest absolute Gasteiger partial charge is 0.320 e. The molecule has 0 bridgehead atoms. The molecule has 1 aliphatic heterocycles. The standard InChI is InChI=1S/C20H24N2O/c1-14(2)16-9-7-15(8-10-16)13-22-19-6-4-3-5-17(19)11-12-18(21)20(22)23/h3-10,14,18H,11-13,21H2,1-2H3. The fourth-order valence-corrected chi connectivity index (χ4v) is 3.09. The molecule has 0 radical (unpaired) electrons. The van der Waals surface area contributed by atoms with Crippen LogP contribution < -0.4 is 10.6 Å². The second kappa shape index (κ2) is 6.55. The first-order valence-corrected chi connectivity index (χ1v) is 8.30. The summed E-state index contributed by atoms with van der Waals surface area (Å²) in [7, 11) is 0. The molecular formula is C20H24N2O. The quantitative estimate of drug-likeness (QED) is 0.941. The molecule has 0 spiro atoms. The van der Waals surface area contributed by atoms with Crippen LogP contribution in [0.1, 0.15) is 42.9 Å². The Morgan fingerprint density at radius 1 is 1.13 bits per heavy atom. The van der Waals surface area contributed by atoms with Crippen molar-refractivity contribution in [2.75, 3.05) is 4.90 Å². The summed E-state index contributed by atoms with van der Waals surface area (Å²) < 4.78 is 0. The fraction of sp³-hybridized carbons (Fsp3) is 0.350. The second-order valence-electron chi connectivity index (χ2n) is 6.59. The highest BCUT2D eigenvalue weighted by atomic mass is 16.2. The van der Waals surface area contributed by atoms with Crippen LogP contribution in [0.2, 0.25) is 0 Å². The van der Waals surface area contributed by atoms with Crippen molar-refractivity contribution >= 4 is 11.6 Å². The number of fused-ring (bicyclic) bond motifs is 1. The molecule has 0 aliphatic carbocycles. The monoisotopic (exact) mass is 308 g/mol. The smallest absolute Gasteiger partial charge is 0.244 e. The van der Waals surface area contributed by atoms with E-state index in [1.807, 2.05) is 23.1 Å². The van der Waals surface area contributed by atoms with E-state index < -0.39 is 6.04 Å². The number of aryl methyl sites for hydroxylation is 1. The molecule has 2 aromatic rings. The molecule has 0 aromatic heterocycles. The molecular weight excluding hydrogens is 284 g/mol. The van der Waals surface area contributed by atoms with Crippen LogP contribution in [0.25, 0.3) is 0 Å². The van der Waals surface area contributed by atoms with Crippen molar-refractivity contribution in [3.05, 3.63) is 65.2 Å². The normalized spacial score (nSPS) is 18.0. The van der Waals surface area contributed by atoms with Gasteiger partial charge in [0.25, 0.3) is 0 Å². The summed E-state index contributed by atoms with van der Waals surface area (Å²) in [6.07, 6.45) is 1.56. The molecule has 0 saturated heterocycles. The summed E-state index contributed by atoms with van der Waals surface area (Å²) in [6, 6.07) is 16.2. The first-order chi connectivity index (χ1) is 11.1. The third kappa shape index (κ3) is 3.30. The van der Waals surface area contributed by atoms with Crippen LogP contribution in [0.15, 0.2) is 48.5 Å². The van der Waals surface area contributed by atoms with Gasteiger partial charge in [-0.25, -0.2) is 0 Å². The van der Waals surface area contributed by atoms with Crippen molar-refractivity contribution in [1.29, 1.82) is 0 Å². The average molecular weight is 308 g/mol. The molecule has 0 saturated carbocycles. The van der Waals surface area contributed by atoms with Crippen LogP contribution in [0.4, 0.5) is 5.69 Å². The first kappa shape index (κ1) is 15.8. The van der Waals surface area contributed by atoms with Gasteiger partial charge in [0.05, 0.1) is 12.6 Å². The molecule has 1 unspecified atom stereocenters. The molecule has 1 amide bonds. The van der Waals surface area contributed by atoms with Crippen LogP contribution >= 0.6 is 0 Å². The van der Waals surface area contributed by atoms with Crippen LogP contribution in [-0.2, 0) is 17.8 Å². The Labute approximate surface area is 138 Å². The molecule has 1 aliphatic rings. The zero-order valence-electron chi connectivity index (χ0n) is 13.8. The Morgan fingerprint density at radius 2 is 1.83 bits per heavy atom. The number of anilines is 1. The number of rotatable bonds is 3. The van der Waals surface area contributed by atoms with E-state index in [0.717, 1.165) is 17.7 Å². The maximum absolute atomic E-state index is 12.7. The van der Waals surface area contributed by atoms with E-state index >= 15 is 0 Å². The van der Waals surface area contributed by atoms with Crippen molar-refractivity contribution in [1.82, 2.24) is 0 Å². The highest BCUT2D eigenvalue weighted by Crippen LogP contribution is 2.28. The topological polar surface area (TPSA) is 46.3 Å². The number of nitrogens with two attached hydrogens (primary N) is 1. The Bertz CT molecular complexity index is 691. The van der Waals surface area contributed by atoms with Crippen LogP contribution in [0, 0.1) is 0 Å². The van der Waals surface area contributed by atoms with Gasteiger partial charge in [0.2, 0.25) is 5.91 Å². The maximum atomic E-state index is 12.7. The number of para-hydroxylation sites is 1. The lowest BCUT2D eigenvalue weighted by Gasteiger charge is -2.25. The minimum Gasteiger partial charge on any atom is -0.320 e. The lowest BCUT2D eigenvalue weighted by molar-refractivity contribution is -0.120. The first-order valence-electron chi connectivity index (χ1n) is 8.30. The number of carbonyl (C=O) groups is 1. The minimum absolute atomic E-state index is 0.0166. The molecule has 3 heteroatoms. The SMILES string of the molecule is CC(C)c1ccc(CN2C(=O)C(N)CCc3ccccc32)cc1. The summed E-state index contributed by atoms with van der Waals surface area (Å²) in [5, 5.41) is 0. The van der Waals surface area contributed by atoms with E-state index in [1.165, 1.54) is 11.1 Å². The molecule has 2 N–H and O–H groups in total. The van der Waals surface area contributed by atoms with E-state index in [2.05, 4.69) is 44.2 Å². The predicted molar refractivity (Wildman–Crippen MR) is 94.5 cm³/mol. The fourth-order valence-electron chi connectivity index (χ4n) is 3.09. The average Bonchev–Trinajstić information content (AvgIpc) is 2.68. The molecule has 1 atom stereocenters. The molecule has 3 nitrogen and oxygen atoms in total. The van der Waals surface area contributed by atoms with Crippen molar-refractivity contribution in [3.8, 4) is 0 Å². The number of amides is 1. The Hall–Kier alpha value is -2.13. The second-order valence-corrected chi connectivity index (χ2v) is 6.59. The van der Waals surface area contributed by atoms with Gasteiger partial charge in [-0.05, 0) is 41.5 Å². The molecule has 23 heavy (non-hydrogen) atoms. The van der Waals surface area contributed by atoms with Crippen molar-refractivity contribution in [2.45, 2.75) is 45.2 Å². The predicted octanol–water partition coefficient (Wildman–Crippen LogP) is 3.62. The van der Waals surface area contributed by atoms with E-state index in [-0.39, 0.29) is 5.91 Å². The maximum Gasteiger partial charge on any atom is 0.244 e. The highest BCUT2D eigenvalue weighted by molar-refractivity contribution is 5.98. The van der Waals surface area contributed by atoms with Crippen LogP contribution in [-0.4, -0.2) is 11.9 Å². The van der Waals surface area contributed by atoms with E-state index in [9.17, 15) is 4.79 Å². The van der Waals surface area contributed by atoms with Gasteiger partial charge < -0.3 is 10.6 Å². The van der Waals surface area contributed by atoms with Gasteiger partial charge in [-0.1, -0.05) is 56.3 Å². The number of nitrogens with zero attached hydrogens (tertiary/aromatic N) is 1.